The van der Waals surface area contributed by atoms with Gasteiger partial charge in [-0.05, 0) is 24.3 Å². The molecule has 2 rings (SSSR count). The number of rotatable bonds is 4. The maximum atomic E-state index is 12.4. The lowest BCUT2D eigenvalue weighted by atomic mass is 10.1. The highest BCUT2D eigenvalue weighted by Gasteiger charge is 2.32. The Bertz CT molecular complexity index is 573. The van der Waals surface area contributed by atoms with E-state index in [9.17, 15) is 22.8 Å². The summed E-state index contributed by atoms with van der Waals surface area (Å²) in [6.07, 6.45) is -5.07. The molecule has 126 valence electrons. The Balaban J connectivity index is 2.10. The van der Waals surface area contributed by atoms with Crippen LogP contribution in [0.2, 0.25) is 0 Å². The summed E-state index contributed by atoms with van der Waals surface area (Å²) in [4.78, 5) is 24.6. The molecule has 1 unspecified atom stereocenters. The predicted molar refractivity (Wildman–Crippen MR) is 71.0 cm³/mol. The number of hydrogen-bond donors (Lipinski definition) is 1. The van der Waals surface area contributed by atoms with Crippen LogP contribution in [-0.4, -0.2) is 54.0 Å². The van der Waals surface area contributed by atoms with E-state index in [2.05, 4.69) is 4.74 Å². The number of carboxylic acids is 1. The van der Waals surface area contributed by atoms with E-state index >= 15 is 0 Å². The molecule has 6 nitrogen and oxygen atoms in total. The molecule has 1 aromatic rings. The molecule has 1 aliphatic rings. The molecule has 1 aromatic carbocycles. The molecule has 0 bridgehead atoms. The number of alkyl halides is 3. The van der Waals surface area contributed by atoms with E-state index in [1.807, 2.05) is 0 Å². The molecule has 0 aliphatic carbocycles. The normalized spacial score (nSPS) is 18.6. The first-order valence-corrected chi connectivity index (χ1v) is 6.72. The predicted octanol–water partition coefficient (Wildman–Crippen LogP) is 1.90. The van der Waals surface area contributed by atoms with E-state index in [1.165, 1.54) is 17.0 Å². The number of aliphatic carboxylic acids is 1. The summed E-state index contributed by atoms with van der Waals surface area (Å²) in [6.45, 7) is 0.599. The van der Waals surface area contributed by atoms with Crippen molar-refractivity contribution in [2.24, 2.45) is 0 Å². The SMILES string of the molecule is O=C(O)CC1COCCN1C(=O)c1ccc(OC(F)(F)F)cc1. The Morgan fingerprint density at radius 2 is 1.96 bits per heavy atom. The fourth-order valence-electron chi connectivity index (χ4n) is 2.26. The molecule has 0 aromatic heterocycles. The average molecular weight is 333 g/mol. The van der Waals surface area contributed by atoms with Gasteiger partial charge in [0.05, 0.1) is 25.7 Å². The Hall–Kier alpha value is -2.29. The van der Waals surface area contributed by atoms with Gasteiger partial charge in [-0.15, -0.1) is 13.2 Å². The summed E-state index contributed by atoms with van der Waals surface area (Å²) in [5.41, 5.74) is 0.150. The van der Waals surface area contributed by atoms with Gasteiger partial charge in [-0.25, -0.2) is 0 Å². The molecule has 0 spiro atoms. The van der Waals surface area contributed by atoms with Crippen LogP contribution >= 0.6 is 0 Å². The highest BCUT2D eigenvalue weighted by Crippen LogP contribution is 2.23. The highest BCUT2D eigenvalue weighted by atomic mass is 19.4. The van der Waals surface area contributed by atoms with Gasteiger partial charge in [0.1, 0.15) is 5.75 Å². The fourth-order valence-corrected chi connectivity index (χ4v) is 2.26. The summed E-state index contributed by atoms with van der Waals surface area (Å²) in [5.74, 6) is -1.96. The third-order valence-electron chi connectivity index (χ3n) is 3.23. The standard InChI is InChI=1S/C14H14F3NO5/c15-14(16,17)23-11-3-1-9(2-4-11)13(21)18-5-6-22-8-10(18)7-12(19)20/h1-4,10H,5-8H2,(H,19,20). The molecule has 1 N–H and O–H groups in total. The zero-order valence-corrected chi connectivity index (χ0v) is 11.9. The molecule has 1 heterocycles. The molecule has 0 saturated carbocycles. The van der Waals surface area contributed by atoms with Crippen LogP contribution in [0.15, 0.2) is 24.3 Å². The first kappa shape index (κ1) is 17.1. The van der Waals surface area contributed by atoms with Gasteiger partial charge in [-0.3, -0.25) is 9.59 Å². The minimum absolute atomic E-state index is 0.104. The lowest BCUT2D eigenvalue weighted by molar-refractivity contribution is -0.274. The van der Waals surface area contributed by atoms with Gasteiger partial charge in [-0.1, -0.05) is 0 Å². The van der Waals surface area contributed by atoms with Crippen LogP contribution in [0, 0.1) is 0 Å². The van der Waals surface area contributed by atoms with E-state index in [4.69, 9.17) is 9.84 Å². The number of hydrogen-bond acceptors (Lipinski definition) is 4. The number of halogens is 3. The Kier molecular flexibility index (Phi) is 5.09. The van der Waals surface area contributed by atoms with Gasteiger partial charge in [0.15, 0.2) is 0 Å². The molecule has 0 radical (unpaired) electrons. The third kappa shape index (κ3) is 4.85. The number of morpholine rings is 1. The van der Waals surface area contributed by atoms with Gasteiger partial charge < -0.3 is 19.5 Å². The quantitative estimate of drug-likeness (QED) is 0.911. The largest absolute Gasteiger partial charge is 0.573 e. The summed E-state index contributed by atoms with van der Waals surface area (Å²) < 4.78 is 45.2. The second-order valence-corrected chi connectivity index (χ2v) is 4.90. The summed E-state index contributed by atoms with van der Waals surface area (Å²) in [5, 5.41) is 8.86. The number of nitrogens with zero attached hydrogens (tertiary/aromatic N) is 1. The van der Waals surface area contributed by atoms with E-state index in [0.717, 1.165) is 12.1 Å². The monoisotopic (exact) mass is 333 g/mol. The van der Waals surface area contributed by atoms with Crippen molar-refractivity contribution >= 4 is 11.9 Å². The molecule has 1 aliphatic heterocycles. The molecule has 1 saturated heterocycles. The van der Waals surface area contributed by atoms with E-state index in [1.54, 1.807) is 0 Å². The summed E-state index contributed by atoms with van der Waals surface area (Å²) in [7, 11) is 0. The Morgan fingerprint density at radius 3 is 2.52 bits per heavy atom. The smallest absolute Gasteiger partial charge is 0.481 e. The number of benzene rings is 1. The first-order valence-electron chi connectivity index (χ1n) is 6.72. The summed E-state index contributed by atoms with van der Waals surface area (Å²) in [6, 6.07) is 3.87. The maximum Gasteiger partial charge on any atom is 0.573 e. The molecule has 1 fully saturated rings. The van der Waals surface area contributed by atoms with Gasteiger partial charge in [0.2, 0.25) is 0 Å². The van der Waals surface area contributed by atoms with Crippen LogP contribution in [0.25, 0.3) is 0 Å². The van der Waals surface area contributed by atoms with Crippen LogP contribution in [0.1, 0.15) is 16.8 Å². The van der Waals surface area contributed by atoms with Crippen molar-refractivity contribution < 1.29 is 37.3 Å². The van der Waals surface area contributed by atoms with Crippen molar-refractivity contribution in [3.05, 3.63) is 29.8 Å². The van der Waals surface area contributed by atoms with Crippen LogP contribution in [0.5, 0.6) is 5.75 Å². The number of ether oxygens (including phenoxy) is 2. The fraction of sp³-hybridized carbons (Fsp3) is 0.429. The van der Waals surface area contributed by atoms with Crippen LogP contribution in [0.4, 0.5) is 13.2 Å². The zero-order valence-electron chi connectivity index (χ0n) is 11.9. The number of carbonyl (C=O) groups is 2. The lowest BCUT2D eigenvalue weighted by Gasteiger charge is -2.34. The molecule has 23 heavy (non-hydrogen) atoms. The van der Waals surface area contributed by atoms with Gasteiger partial charge >= 0.3 is 12.3 Å². The van der Waals surface area contributed by atoms with E-state index in [0.29, 0.717) is 0 Å². The van der Waals surface area contributed by atoms with Crippen LogP contribution in [0.3, 0.4) is 0 Å². The van der Waals surface area contributed by atoms with Crippen LogP contribution in [-0.2, 0) is 9.53 Å². The van der Waals surface area contributed by atoms with Crippen molar-refractivity contribution in [2.45, 2.75) is 18.8 Å². The lowest BCUT2D eigenvalue weighted by Crippen LogP contribution is -2.49. The number of carboxylic acid groups (broad SMARTS) is 1. The molecule has 1 atom stereocenters. The molecule has 1 amide bonds. The molecular weight excluding hydrogens is 319 g/mol. The van der Waals surface area contributed by atoms with Gasteiger partial charge in [0, 0.05) is 12.1 Å². The molecule has 9 heteroatoms. The minimum Gasteiger partial charge on any atom is -0.481 e. The zero-order chi connectivity index (χ0) is 17.0. The second-order valence-electron chi connectivity index (χ2n) is 4.90. The highest BCUT2D eigenvalue weighted by molar-refractivity contribution is 5.94. The van der Waals surface area contributed by atoms with Crippen molar-refractivity contribution in [1.29, 1.82) is 0 Å². The van der Waals surface area contributed by atoms with E-state index in [-0.39, 0.29) is 31.7 Å². The second kappa shape index (κ2) is 6.86. The van der Waals surface area contributed by atoms with Gasteiger partial charge in [-0.2, -0.15) is 0 Å². The third-order valence-corrected chi connectivity index (χ3v) is 3.23. The summed E-state index contributed by atoms with van der Waals surface area (Å²) >= 11 is 0. The first-order chi connectivity index (χ1) is 10.8. The number of amides is 1. The van der Waals surface area contributed by atoms with Crippen molar-refractivity contribution in [3.8, 4) is 5.75 Å². The van der Waals surface area contributed by atoms with Crippen molar-refractivity contribution in [1.82, 2.24) is 4.90 Å². The number of carbonyl (C=O) groups excluding carboxylic acids is 1. The van der Waals surface area contributed by atoms with Crippen molar-refractivity contribution in [2.75, 3.05) is 19.8 Å². The molecular formula is C14H14F3NO5. The Morgan fingerprint density at radius 1 is 1.30 bits per heavy atom. The maximum absolute atomic E-state index is 12.4. The van der Waals surface area contributed by atoms with Gasteiger partial charge in [0.25, 0.3) is 5.91 Å². The Labute approximate surface area is 129 Å². The van der Waals surface area contributed by atoms with E-state index < -0.39 is 30.0 Å². The van der Waals surface area contributed by atoms with Crippen LogP contribution < -0.4 is 4.74 Å². The average Bonchev–Trinajstić information content (AvgIpc) is 2.45. The van der Waals surface area contributed by atoms with Crippen molar-refractivity contribution in [3.63, 3.8) is 0 Å². The minimum atomic E-state index is -4.80. The topological polar surface area (TPSA) is 76.1 Å².